The lowest BCUT2D eigenvalue weighted by Crippen LogP contribution is -2.17. The molecular weight excluding hydrogens is 551 g/mol. The third-order valence-corrected chi connectivity index (χ3v) is 8.58. The summed E-state index contributed by atoms with van der Waals surface area (Å²) in [7, 11) is 0. The molecular formula is C26H30ClFN4O4S2. The normalized spacial score (nSPS) is 13.9. The van der Waals surface area contributed by atoms with Gasteiger partial charge in [-0.3, -0.25) is 4.79 Å². The summed E-state index contributed by atoms with van der Waals surface area (Å²) in [5.41, 5.74) is 1.51. The van der Waals surface area contributed by atoms with Gasteiger partial charge in [0, 0.05) is 11.4 Å². The van der Waals surface area contributed by atoms with E-state index in [1.54, 1.807) is 13.8 Å². The van der Waals surface area contributed by atoms with Crippen molar-refractivity contribution in [2.45, 2.75) is 70.7 Å². The average Bonchev–Trinajstić information content (AvgIpc) is 3.37. The molecule has 2 heterocycles. The highest BCUT2D eigenvalue weighted by Crippen LogP contribution is 2.38. The molecule has 4 rings (SSSR count). The number of carbonyl (C=O) groups excluding carboxylic acids is 2. The van der Waals surface area contributed by atoms with Crippen molar-refractivity contribution in [2.24, 2.45) is 0 Å². The Morgan fingerprint density at radius 3 is 2.76 bits per heavy atom. The molecule has 0 bridgehead atoms. The fraction of sp³-hybridized carbons (Fsp3) is 0.462. The quantitative estimate of drug-likeness (QED) is 0.167. The number of rotatable bonds is 10. The highest BCUT2D eigenvalue weighted by Gasteiger charge is 2.27. The molecule has 1 unspecified atom stereocenters. The van der Waals surface area contributed by atoms with E-state index in [2.05, 4.69) is 15.5 Å². The molecule has 0 saturated heterocycles. The molecule has 1 amide bonds. The highest BCUT2D eigenvalue weighted by molar-refractivity contribution is 7.99. The van der Waals surface area contributed by atoms with Crippen LogP contribution in [0.25, 0.3) is 0 Å². The Kier molecular flexibility index (Phi) is 9.67. The average molecular weight is 581 g/mol. The number of aryl methyl sites for hydroxylation is 1. The van der Waals surface area contributed by atoms with Crippen LogP contribution >= 0.6 is 34.7 Å². The van der Waals surface area contributed by atoms with E-state index in [0.717, 1.165) is 42.5 Å². The number of nitrogens with zero attached hydrogens (tertiary/aromatic N) is 3. The van der Waals surface area contributed by atoms with Crippen LogP contribution in [0.5, 0.6) is 5.75 Å². The second kappa shape index (κ2) is 12.9. The first-order valence-corrected chi connectivity index (χ1v) is 14.8. The monoisotopic (exact) mass is 580 g/mol. The number of esters is 1. The Labute approximate surface area is 234 Å². The molecule has 1 N–H and O–H groups in total. The first kappa shape index (κ1) is 28.4. The first-order valence-electron chi connectivity index (χ1n) is 12.6. The van der Waals surface area contributed by atoms with Crippen molar-refractivity contribution in [1.29, 1.82) is 0 Å². The topological polar surface area (TPSA) is 95.3 Å². The summed E-state index contributed by atoms with van der Waals surface area (Å²) in [5, 5.41) is 12.7. The molecule has 1 aromatic carbocycles. The lowest BCUT2D eigenvalue weighted by atomic mass is 10.1. The molecule has 8 nitrogen and oxygen atoms in total. The molecule has 0 aliphatic heterocycles. The number of ether oxygens (including phenoxy) is 2. The van der Waals surface area contributed by atoms with Crippen LogP contribution in [0.1, 0.15) is 72.8 Å². The summed E-state index contributed by atoms with van der Waals surface area (Å²) in [6.07, 6.45) is 4.43. The number of hydrogen-bond donors (Lipinski definition) is 1. The highest BCUT2D eigenvalue weighted by atomic mass is 35.5. The predicted molar refractivity (Wildman–Crippen MR) is 147 cm³/mol. The number of amides is 1. The van der Waals surface area contributed by atoms with Gasteiger partial charge in [-0.05, 0) is 70.2 Å². The minimum atomic E-state index is -0.512. The molecule has 1 aliphatic carbocycles. The van der Waals surface area contributed by atoms with E-state index in [0.29, 0.717) is 33.8 Å². The van der Waals surface area contributed by atoms with Gasteiger partial charge in [0.1, 0.15) is 16.6 Å². The number of carbonyl (C=O) groups is 2. The zero-order chi connectivity index (χ0) is 27.2. The standard InChI is InChI=1S/C26H30ClFN4O4S2/c1-4-32-23(15(3)36-19-12-11-16(28)13-18(19)27)30-31-26(32)37-14-21(33)29-24-22(25(34)35-5-2)17-9-7-6-8-10-20(17)38-24/h11-13,15H,4-10,14H2,1-3H3,(H,29,33). The summed E-state index contributed by atoms with van der Waals surface area (Å²) in [4.78, 5) is 26.9. The number of aromatic nitrogens is 3. The van der Waals surface area contributed by atoms with Crippen molar-refractivity contribution in [3.63, 3.8) is 0 Å². The van der Waals surface area contributed by atoms with Gasteiger partial charge in [-0.1, -0.05) is 29.8 Å². The maximum absolute atomic E-state index is 13.4. The third kappa shape index (κ3) is 6.50. The largest absolute Gasteiger partial charge is 0.481 e. The van der Waals surface area contributed by atoms with Crippen LogP contribution in [-0.2, 0) is 28.9 Å². The minimum Gasteiger partial charge on any atom is -0.481 e. The molecule has 38 heavy (non-hydrogen) atoms. The molecule has 0 fully saturated rings. The SMILES string of the molecule is CCOC(=O)c1c(NC(=O)CSc2nnc(C(C)Oc3ccc(F)cc3Cl)n2CC)sc2c1CCCCC2. The molecule has 3 aromatic rings. The number of nitrogens with one attached hydrogen (secondary N) is 1. The summed E-state index contributed by atoms with van der Waals surface area (Å²) >= 11 is 8.81. The van der Waals surface area contributed by atoms with E-state index in [4.69, 9.17) is 21.1 Å². The lowest BCUT2D eigenvalue weighted by Gasteiger charge is -2.16. The molecule has 0 radical (unpaired) electrons. The van der Waals surface area contributed by atoms with Gasteiger partial charge in [0.25, 0.3) is 0 Å². The van der Waals surface area contributed by atoms with Crippen LogP contribution in [0.2, 0.25) is 5.02 Å². The Balaban J connectivity index is 1.44. The van der Waals surface area contributed by atoms with E-state index in [1.807, 2.05) is 11.5 Å². The van der Waals surface area contributed by atoms with E-state index in [-0.39, 0.29) is 29.3 Å². The van der Waals surface area contributed by atoms with Gasteiger partial charge in [-0.2, -0.15) is 0 Å². The number of anilines is 1. The molecule has 0 spiro atoms. The van der Waals surface area contributed by atoms with Gasteiger partial charge >= 0.3 is 5.97 Å². The fourth-order valence-corrected chi connectivity index (χ4v) is 6.68. The predicted octanol–water partition coefficient (Wildman–Crippen LogP) is 6.47. The van der Waals surface area contributed by atoms with Crippen LogP contribution in [0.4, 0.5) is 9.39 Å². The third-order valence-electron chi connectivity index (χ3n) is 6.11. The Hall–Kier alpha value is -2.63. The second-order valence-electron chi connectivity index (χ2n) is 8.75. The first-order chi connectivity index (χ1) is 18.3. The summed E-state index contributed by atoms with van der Waals surface area (Å²) in [5.74, 6) is -0.0978. The maximum Gasteiger partial charge on any atom is 0.341 e. The minimum absolute atomic E-state index is 0.0853. The summed E-state index contributed by atoms with van der Waals surface area (Å²) in [6, 6.07) is 3.93. The number of benzene rings is 1. The number of hydrogen-bond acceptors (Lipinski definition) is 8. The van der Waals surface area contributed by atoms with Gasteiger partial charge in [-0.15, -0.1) is 21.5 Å². The van der Waals surface area contributed by atoms with E-state index in [1.165, 1.54) is 41.3 Å². The Morgan fingerprint density at radius 2 is 2.03 bits per heavy atom. The number of thioether (sulfide) groups is 1. The van der Waals surface area contributed by atoms with Gasteiger partial charge in [0.2, 0.25) is 5.91 Å². The zero-order valence-corrected chi connectivity index (χ0v) is 23.9. The molecule has 2 aromatic heterocycles. The van der Waals surface area contributed by atoms with Crippen LogP contribution in [-0.4, -0.2) is 39.0 Å². The van der Waals surface area contributed by atoms with Crippen molar-refractivity contribution in [3.8, 4) is 5.75 Å². The van der Waals surface area contributed by atoms with Crippen LogP contribution < -0.4 is 10.1 Å². The van der Waals surface area contributed by atoms with Crippen LogP contribution in [0, 0.1) is 5.82 Å². The second-order valence-corrected chi connectivity index (χ2v) is 11.2. The number of thiophene rings is 1. The van der Waals surface area contributed by atoms with Crippen molar-refractivity contribution in [3.05, 3.63) is 50.9 Å². The van der Waals surface area contributed by atoms with Crippen LogP contribution in [0.3, 0.4) is 0 Å². The number of fused-ring (bicyclic) bond motifs is 1. The van der Waals surface area contributed by atoms with Crippen molar-refractivity contribution >= 4 is 51.6 Å². The maximum atomic E-state index is 13.4. The zero-order valence-electron chi connectivity index (χ0n) is 21.5. The van der Waals surface area contributed by atoms with Gasteiger partial charge < -0.3 is 19.4 Å². The smallest absolute Gasteiger partial charge is 0.341 e. The fourth-order valence-electron chi connectivity index (χ4n) is 4.36. The van der Waals surface area contributed by atoms with Gasteiger partial charge in [-0.25, -0.2) is 9.18 Å². The molecule has 0 saturated carbocycles. The molecule has 204 valence electrons. The Bertz CT molecular complexity index is 1310. The molecule has 12 heteroatoms. The van der Waals surface area contributed by atoms with Crippen molar-refractivity contribution < 1.29 is 23.5 Å². The van der Waals surface area contributed by atoms with Crippen molar-refractivity contribution in [1.82, 2.24) is 14.8 Å². The lowest BCUT2D eigenvalue weighted by molar-refractivity contribution is -0.113. The van der Waals surface area contributed by atoms with E-state index < -0.39 is 11.9 Å². The van der Waals surface area contributed by atoms with Gasteiger partial charge in [0.15, 0.2) is 17.1 Å². The van der Waals surface area contributed by atoms with Gasteiger partial charge in [0.05, 0.1) is 22.9 Å². The molecule has 1 aliphatic rings. The van der Waals surface area contributed by atoms with E-state index in [9.17, 15) is 14.0 Å². The Morgan fingerprint density at radius 1 is 1.24 bits per heavy atom. The van der Waals surface area contributed by atoms with Crippen LogP contribution in [0.15, 0.2) is 23.4 Å². The summed E-state index contributed by atoms with van der Waals surface area (Å²) in [6.45, 7) is 6.35. The number of halogens is 2. The van der Waals surface area contributed by atoms with E-state index >= 15 is 0 Å². The van der Waals surface area contributed by atoms with Crippen molar-refractivity contribution in [2.75, 3.05) is 17.7 Å². The summed E-state index contributed by atoms with van der Waals surface area (Å²) < 4.78 is 26.4. The molecule has 1 atom stereocenters.